The van der Waals surface area contributed by atoms with E-state index in [4.69, 9.17) is 11.2 Å². The molecule has 0 spiro atoms. The van der Waals surface area contributed by atoms with E-state index < -0.39 is 30.1 Å². The molecule has 0 heterocycles. The summed E-state index contributed by atoms with van der Waals surface area (Å²) in [5.74, 6) is -0.943. The quantitative estimate of drug-likeness (QED) is 0.436. The Morgan fingerprint density at radius 3 is 2.32 bits per heavy atom. The second-order valence-electron chi connectivity index (χ2n) is 5.36. The highest BCUT2D eigenvalue weighted by Gasteiger charge is 2.16. The zero-order valence-electron chi connectivity index (χ0n) is 13.4. The Morgan fingerprint density at radius 1 is 1.12 bits per heavy atom. The van der Waals surface area contributed by atoms with Crippen LogP contribution in [0, 0.1) is 29.8 Å². The van der Waals surface area contributed by atoms with E-state index in [1.807, 2.05) is 12.1 Å². The third-order valence-corrected chi connectivity index (χ3v) is 3.58. The average molecular weight is 349 g/mol. The molecule has 25 heavy (non-hydrogen) atoms. The van der Waals surface area contributed by atoms with Gasteiger partial charge in [0.2, 0.25) is 0 Å². The Labute approximate surface area is 144 Å². The van der Waals surface area contributed by atoms with Gasteiger partial charge in [-0.2, -0.15) is 0 Å². The number of benzene rings is 2. The summed E-state index contributed by atoms with van der Waals surface area (Å²) in [4.78, 5) is 0. The van der Waals surface area contributed by atoms with Gasteiger partial charge in [0.25, 0.3) is 0 Å². The zero-order valence-corrected chi connectivity index (χ0v) is 13.4. The number of terminal acetylenes is 1. The largest absolute Gasteiger partial charge is 0.493 e. The molecule has 2 aromatic carbocycles. The van der Waals surface area contributed by atoms with Gasteiger partial charge in [-0.05, 0) is 35.4 Å². The Kier molecular flexibility index (Phi) is 6.87. The Balaban J connectivity index is 1.98. The first kappa shape index (κ1) is 18.8. The molecule has 3 nitrogen and oxygen atoms in total. The molecular weight excluding hydrogens is 331 g/mol. The molecular formula is C19H18F3NO2. The van der Waals surface area contributed by atoms with Gasteiger partial charge in [-0.15, -0.1) is 12.3 Å². The van der Waals surface area contributed by atoms with E-state index in [9.17, 15) is 18.3 Å². The van der Waals surface area contributed by atoms with Gasteiger partial charge in [0.1, 0.15) is 5.75 Å². The predicted molar refractivity (Wildman–Crippen MR) is 88.4 cm³/mol. The van der Waals surface area contributed by atoms with Crippen molar-refractivity contribution < 1.29 is 23.0 Å². The fraction of sp³-hybridized carbons (Fsp3) is 0.263. The minimum Gasteiger partial charge on any atom is -0.493 e. The minimum atomic E-state index is -1.53. The van der Waals surface area contributed by atoms with Crippen molar-refractivity contribution in [2.24, 2.45) is 0 Å². The molecule has 0 aromatic heterocycles. The predicted octanol–water partition coefficient (Wildman–Crippen LogP) is 3.33. The van der Waals surface area contributed by atoms with Gasteiger partial charge in [-0.3, -0.25) is 0 Å². The molecule has 1 unspecified atom stereocenters. The fourth-order valence-corrected chi connectivity index (χ4v) is 2.24. The molecule has 1 atom stereocenters. The summed E-state index contributed by atoms with van der Waals surface area (Å²) in [5, 5.41) is 12.4. The highest BCUT2D eigenvalue weighted by Crippen LogP contribution is 2.20. The number of aliphatic hydroxyl groups excluding tert-OH is 1. The van der Waals surface area contributed by atoms with Crippen LogP contribution in [-0.2, 0) is 6.54 Å². The molecule has 6 heteroatoms. The van der Waals surface area contributed by atoms with Crippen molar-refractivity contribution in [3.05, 3.63) is 65.0 Å². The Morgan fingerprint density at radius 2 is 1.76 bits per heavy atom. The van der Waals surface area contributed by atoms with Gasteiger partial charge < -0.3 is 15.2 Å². The lowest BCUT2D eigenvalue weighted by Crippen LogP contribution is -2.24. The van der Waals surface area contributed by atoms with Crippen molar-refractivity contribution >= 4 is 0 Å². The molecule has 0 amide bonds. The Hall–Kier alpha value is -2.49. The summed E-state index contributed by atoms with van der Waals surface area (Å²) in [5.41, 5.74) is 1.01. The van der Waals surface area contributed by atoms with Gasteiger partial charge in [0, 0.05) is 13.0 Å². The maximum Gasteiger partial charge on any atom is 0.194 e. The smallest absolute Gasteiger partial charge is 0.194 e. The monoisotopic (exact) mass is 349 g/mol. The Bertz CT molecular complexity index is 718. The van der Waals surface area contributed by atoms with Crippen LogP contribution in [0.5, 0.6) is 5.75 Å². The van der Waals surface area contributed by atoms with E-state index in [1.165, 1.54) is 0 Å². The molecule has 0 aliphatic heterocycles. The van der Waals surface area contributed by atoms with Crippen molar-refractivity contribution in [1.82, 2.24) is 5.32 Å². The molecule has 0 saturated heterocycles. The number of hydrogen-bond acceptors (Lipinski definition) is 3. The van der Waals surface area contributed by atoms with Crippen molar-refractivity contribution in [1.29, 1.82) is 0 Å². The van der Waals surface area contributed by atoms with Crippen LogP contribution in [0.2, 0.25) is 0 Å². The van der Waals surface area contributed by atoms with E-state index in [0.717, 1.165) is 17.7 Å². The van der Waals surface area contributed by atoms with E-state index in [1.54, 1.807) is 12.1 Å². The molecule has 0 radical (unpaired) electrons. The van der Waals surface area contributed by atoms with Crippen molar-refractivity contribution in [3.8, 4) is 18.1 Å². The molecule has 2 N–H and O–H groups in total. The first-order valence-corrected chi connectivity index (χ1v) is 7.69. The summed E-state index contributed by atoms with van der Waals surface area (Å²) < 4.78 is 45.1. The molecule has 0 fully saturated rings. The van der Waals surface area contributed by atoms with Crippen molar-refractivity contribution in [2.75, 3.05) is 13.2 Å². The molecule has 2 aromatic rings. The third-order valence-electron chi connectivity index (χ3n) is 3.58. The van der Waals surface area contributed by atoms with Gasteiger partial charge in [-0.25, -0.2) is 13.2 Å². The summed E-state index contributed by atoms with van der Waals surface area (Å²) in [6.45, 7) is 0.386. The molecule has 0 aliphatic carbocycles. The van der Waals surface area contributed by atoms with Crippen LogP contribution >= 0.6 is 0 Å². The normalized spacial score (nSPS) is 11.8. The second kappa shape index (κ2) is 9.11. The van der Waals surface area contributed by atoms with E-state index in [0.29, 0.717) is 25.3 Å². The van der Waals surface area contributed by atoms with Gasteiger partial charge in [0.05, 0.1) is 19.3 Å². The number of halogens is 3. The van der Waals surface area contributed by atoms with Crippen LogP contribution in [0.15, 0.2) is 36.4 Å². The first-order valence-electron chi connectivity index (χ1n) is 7.69. The van der Waals surface area contributed by atoms with Crippen molar-refractivity contribution in [3.63, 3.8) is 0 Å². The number of ether oxygens (including phenoxy) is 1. The molecule has 0 aliphatic rings. The standard InChI is InChI=1S/C19H18F3NO2/c1-2-3-8-25-15-6-4-13(5-7-15)11-23-18(12-24)14-9-16(20)19(22)17(21)10-14/h1,4-7,9-10,18,23-24H,3,8,11-12H2. The van der Waals surface area contributed by atoms with Gasteiger partial charge >= 0.3 is 0 Å². The second-order valence-corrected chi connectivity index (χ2v) is 5.36. The number of hydrogen-bond donors (Lipinski definition) is 2. The number of rotatable bonds is 8. The topological polar surface area (TPSA) is 41.5 Å². The van der Waals surface area contributed by atoms with Crippen molar-refractivity contribution in [2.45, 2.75) is 19.0 Å². The van der Waals surface area contributed by atoms with Gasteiger partial charge in [0.15, 0.2) is 17.5 Å². The lowest BCUT2D eigenvalue weighted by molar-refractivity contribution is 0.242. The van der Waals surface area contributed by atoms with Crippen LogP contribution in [0.25, 0.3) is 0 Å². The molecule has 2 rings (SSSR count). The van der Waals surface area contributed by atoms with Gasteiger partial charge in [-0.1, -0.05) is 12.1 Å². The minimum absolute atomic E-state index is 0.133. The van der Waals surface area contributed by atoms with Crippen LogP contribution < -0.4 is 10.1 Å². The lowest BCUT2D eigenvalue weighted by Gasteiger charge is -2.17. The number of nitrogens with one attached hydrogen (secondary N) is 1. The summed E-state index contributed by atoms with van der Waals surface area (Å²) >= 11 is 0. The fourth-order valence-electron chi connectivity index (χ4n) is 2.24. The summed E-state index contributed by atoms with van der Waals surface area (Å²) in [6, 6.07) is 8.20. The van der Waals surface area contributed by atoms with Crippen LogP contribution in [-0.4, -0.2) is 18.3 Å². The molecule has 0 saturated carbocycles. The van der Waals surface area contributed by atoms with E-state index in [-0.39, 0.29) is 5.56 Å². The lowest BCUT2D eigenvalue weighted by atomic mass is 10.1. The molecule has 0 bridgehead atoms. The maximum absolute atomic E-state index is 13.3. The summed E-state index contributed by atoms with van der Waals surface area (Å²) in [7, 11) is 0. The zero-order chi connectivity index (χ0) is 18.2. The third kappa shape index (κ3) is 5.24. The van der Waals surface area contributed by atoms with Crippen LogP contribution in [0.4, 0.5) is 13.2 Å². The average Bonchev–Trinajstić information content (AvgIpc) is 2.61. The summed E-state index contributed by atoms with van der Waals surface area (Å²) in [6.07, 6.45) is 5.67. The number of aliphatic hydroxyl groups is 1. The van der Waals surface area contributed by atoms with Crippen LogP contribution in [0.1, 0.15) is 23.6 Å². The van der Waals surface area contributed by atoms with Crippen LogP contribution in [0.3, 0.4) is 0 Å². The highest BCUT2D eigenvalue weighted by atomic mass is 19.2. The van der Waals surface area contributed by atoms with E-state index in [2.05, 4.69) is 11.2 Å². The molecule has 132 valence electrons. The first-order chi connectivity index (χ1) is 12.0. The highest BCUT2D eigenvalue weighted by molar-refractivity contribution is 5.28. The van der Waals surface area contributed by atoms with E-state index >= 15 is 0 Å². The maximum atomic E-state index is 13.3. The SMILES string of the molecule is C#CCCOc1ccc(CNC(CO)c2cc(F)c(F)c(F)c2)cc1.